The zero-order chi connectivity index (χ0) is 15.0. The van der Waals surface area contributed by atoms with Crippen LogP contribution < -0.4 is 0 Å². The number of Topliss-reactive ketones (excluding diaryl/α,β-unsaturated/α-hetero) is 1. The fraction of sp³-hybridized carbons (Fsp3) is 0.235. The molecule has 3 rings (SSSR count). The normalized spacial score (nSPS) is 18.3. The van der Waals surface area contributed by atoms with Gasteiger partial charge in [0.05, 0.1) is 6.54 Å². The molecule has 0 radical (unpaired) electrons. The fourth-order valence-corrected chi connectivity index (χ4v) is 2.69. The van der Waals surface area contributed by atoms with Gasteiger partial charge in [0.1, 0.15) is 17.4 Å². The van der Waals surface area contributed by atoms with Gasteiger partial charge < -0.3 is 4.90 Å². The van der Waals surface area contributed by atoms with Crippen LogP contribution >= 0.6 is 0 Å². The second-order valence-corrected chi connectivity index (χ2v) is 5.39. The van der Waals surface area contributed by atoms with Gasteiger partial charge in [-0.05, 0) is 41.8 Å². The molecule has 0 unspecified atom stereocenters. The van der Waals surface area contributed by atoms with Crippen molar-refractivity contribution in [3.05, 3.63) is 71.1 Å². The van der Waals surface area contributed by atoms with Crippen LogP contribution in [0.25, 0.3) is 0 Å². The van der Waals surface area contributed by atoms with Gasteiger partial charge in [-0.1, -0.05) is 6.58 Å². The van der Waals surface area contributed by atoms with Gasteiger partial charge in [0, 0.05) is 30.3 Å². The molecule has 21 heavy (non-hydrogen) atoms. The number of fused-ring (bicyclic) bond motifs is 1. The number of nitrogens with zero attached hydrogens (tertiary/aromatic N) is 1. The molecule has 1 aromatic carbocycles. The van der Waals surface area contributed by atoms with Crippen LogP contribution in [0, 0.1) is 11.6 Å². The Bertz CT molecular complexity index is 688. The summed E-state index contributed by atoms with van der Waals surface area (Å²) in [5.74, 6) is -0.703. The van der Waals surface area contributed by atoms with E-state index in [-0.39, 0.29) is 17.9 Å². The quantitative estimate of drug-likeness (QED) is 0.823. The third kappa shape index (κ3) is 2.79. The average molecular weight is 287 g/mol. The van der Waals surface area contributed by atoms with Crippen LogP contribution in [0.4, 0.5) is 8.78 Å². The molecule has 1 heterocycles. The Labute approximate surface area is 122 Å². The molecule has 2 nitrogen and oxygen atoms in total. The Kier molecular flexibility index (Phi) is 3.45. The summed E-state index contributed by atoms with van der Waals surface area (Å²) in [4.78, 5) is 13.3. The molecule has 4 heteroatoms. The van der Waals surface area contributed by atoms with E-state index in [0.717, 1.165) is 35.4 Å². The minimum Gasteiger partial charge on any atom is -0.344 e. The lowest BCUT2D eigenvalue weighted by Gasteiger charge is -2.30. The van der Waals surface area contributed by atoms with Crippen molar-refractivity contribution in [3.8, 4) is 0 Å². The van der Waals surface area contributed by atoms with E-state index in [1.54, 1.807) is 4.90 Å². The monoisotopic (exact) mass is 287 g/mol. The Morgan fingerprint density at radius 2 is 2.00 bits per heavy atom. The van der Waals surface area contributed by atoms with E-state index in [2.05, 4.69) is 6.58 Å². The Morgan fingerprint density at radius 3 is 2.81 bits per heavy atom. The summed E-state index contributed by atoms with van der Waals surface area (Å²) < 4.78 is 27.0. The first-order chi connectivity index (χ1) is 10.0. The van der Waals surface area contributed by atoms with Crippen molar-refractivity contribution < 1.29 is 13.6 Å². The molecule has 1 saturated carbocycles. The lowest BCUT2D eigenvalue weighted by Crippen LogP contribution is -2.23. The summed E-state index contributed by atoms with van der Waals surface area (Å²) in [7, 11) is 0. The van der Waals surface area contributed by atoms with Gasteiger partial charge in [0.2, 0.25) is 0 Å². The maximum Gasteiger partial charge on any atom is 0.137 e. The van der Waals surface area contributed by atoms with Crippen LogP contribution in [0.3, 0.4) is 0 Å². The molecule has 0 spiro atoms. The van der Waals surface area contributed by atoms with E-state index in [1.165, 1.54) is 6.07 Å². The number of hydrogen-bond acceptors (Lipinski definition) is 2. The van der Waals surface area contributed by atoms with Crippen molar-refractivity contribution in [2.75, 3.05) is 0 Å². The number of benzene rings is 1. The van der Waals surface area contributed by atoms with Crippen molar-refractivity contribution >= 4 is 5.78 Å². The number of allylic oxidation sites excluding steroid dienone is 3. The highest BCUT2D eigenvalue weighted by Gasteiger charge is 2.23. The van der Waals surface area contributed by atoms with Crippen LogP contribution in [0.2, 0.25) is 0 Å². The van der Waals surface area contributed by atoms with E-state index >= 15 is 0 Å². The summed E-state index contributed by atoms with van der Waals surface area (Å²) >= 11 is 0. The minimum absolute atomic E-state index is 0.198. The van der Waals surface area contributed by atoms with Crippen LogP contribution in [0.15, 0.2) is 53.9 Å². The molecule has 0 amide bonds. The molecular weight excluding hydrogens is 272 g/mol. The van der Waals surface area contributed by atoms with Crippen molar-refractivity contribution in [1.29, 1.82) is 0 Å². The first kappa shape index (κ1) is 13.7. The molecule has 0 bridgehead atoms. The molecule has 1 aliphatic carbocycles. The van der Waals surface area contributed by atoms with E-state index in [1.807, 2.05) is 12.3 Å². The summed E-state index contributed by atoms with van der Waals surface area (Å²) in [5.41, 5.74) is 3.07. The smallest absolute Gasteiger partial charge is 0.137 e. The summed E-state index contributed by atoms with van der Waals surface area (Å²) in [6, 6.07) is 3.41. The number of halogens is 2. The van der Waals surface area contributed by atoms with Gasteiger partial charge in [0.25, 0.3) is 0 Å². The predicted octanol–water partition coefficient (Wildman–Crippen LogP) is 3.86. The Balaban J connectivity index is 1.86. The van der Waals surface area contributed by atoms with Crippen LogP contribution in [0.1, 0.15) is 24.8 Å². The number of hydrogen-bond donors (Lipinski definition) is 0. The highest BCUT2D eigenvalue weighted by atomic mass is 19.1. The molecule has 1 aliphatic heterocycles. The zero-order valence-corrected chi connectivity index (χ0v) is 11.5. The summed E-state index contributed by atoms with van der Waals surface area (Å²) in [6.07, 6.45) is 5.46. The zero-order valence-electron chi connectivity index (χ0n) is 11.5. The average Bonchev–Trinajstić information content (AvgIpc) is 2.44. The highest BCUT2D eigenvalue weighted by molar-refractivity contribution is 5.84. The first-order valence-electron chi connectivity index (χ1n) is 6.86. The SMILES string of the molecule is C=C1C=C2CCC(=O)CC2=CN1Cc1cc(F)ccc1F. The standard InChI is InChI=1S/C17H15F2NO/c1-11-6-12-2-4-16(21)8-13(12)9-20(11)10-14-7-15(18)3-5-17(14)19/h3,5-7,9H,1-2,4,8,10H2. The molecule has 1 fully saturated rings. The maximum atomic E-state index is 13.7. The molecule has 2 aliphatic rings. The van der Waals surface area contributed by atoms with E-state index in [9.17, 15) is 13.6 Å². The maximum absolute atomic E-state index is 13.7. The number of carbonyl (C=O) groups is 1. The van der Waals surface area contributed by atoms with Crippen LogP contribution in [-0.4, -0.2) is 10.7 Å². The number of rotatable bonds is 2. The lowest BCUT2D eigenvalue weighted by molar-refractivity contribution is -0.118. The van der Waals surface area contributed by atoms with Crippen molar-refractivity contribution in [3.63, 3.8) is 0 Å². The van der Waals surface area contributed by atoms with Gasteiger partial charge in [0.15, 0.2) is 0 Å². The lowest BCUT2D eigenvalue weighted by atomic mass is 9.87. The van der Waals surface area contributed by atoms with Crippen molar-refractivity contribution in [1.82, 2.24) is 4.90 Å². The second-order valence-electron chi connectivity index (χ2n) is 5.39. The highest BCUT2D eigenvalue weighted by Crippen LogP contribution is 2.33. The third-order valence-corrected chi connectivity index (χ3v) is 3.84. The Hall–Kier alpha value is -2.23. The van der Waals surface area contributed by atoms with Gasteiger partial charge in [-0.2, -0.15) is 0 Å². The largest absolute Gasteiger partial charge is 0.344 e. The van der Waals surface area contributed by atoms with Gasteiger partial charge in [-0.15, -0.1) is 0 Å². The molecule has 0 aromatic heterocycles. The second kappa shape index (κ2) is 5.28. The van der Waals surface area contributed by atoms with E-state index < -0.39 is 11.6 Å². The number of carbonyl (C=O) groups excluding carboxylic acids is 1. The molecule has 1 aromatic rings. The van der Waals surface area contributed by atoms with Crippen LogP contribution in [-0.2, 0) is 11.3 Å². The van der Waals surface area contributed by atoms with Crippen LogP contribution in [0.5, 0.6) is 0 Å². The summed E-state index contributed by atoms with van der Waals surface area (Å²) in [6.45, 7) is 4.16. The molecule has 0 N–H and O–H groups in total. The fourth-order valence-electron chi connectivity index (χ4n) is 2.69. The van der Waals surface area contributed by atoms with E-state index in [0.29, 0.717) is 12.8 Å². The Morgan fingerprint density at radius 1 is 1.19 bits per heavy atom. The molecule has 0 saturated heterocycles. The van der Waals surface area contributed by atoms with Gasteiger partial charge in [-0.25, -0.2) is 8.78 Å². The molecule has 0 atom stereocenters. The number of ketones is 1. The third-order valence-electron chi connectivity index (χ3n) is 3.84. The predicted molar refractivity (Wildman–Crippen MR) is 76.1 cm³/mol. The van der Waals surface area contributed by atoms with Gasteiger partial charge in [-0.3, -0.25) is 4.79 Å². The van der Waals surface area contributed by atoms with Crippen molar-refractivity contribution in [2.45, 2.75) is 25.8 Å². The molecule has 108 valence electrons. The minimum atomic E-state index is -0.467. The first-order valence-corrected chi connectivity index (χ1v) is 6.86. The van der Waals surface area contributed by atoms with Gasteiger partial charge >= 0.3 is 0 Å². The summed E-state index contributed by atoms with van der Waals surface area (Å²) in [5, 5.41) is 0. The van der Waals surface area contributed by atoms with Crippen molar-refractivity contribution in [2.24, 2.45) is 0 Å². The topological polar surface area (TPSA) is 20.3 Å². The molecular formula is C17H15F2NO. The van der Waals surface area contributed by atoms with E-state index in [4.69, 9.17) is 0 Å².